The Morgan fingerprint density at radius 1 is 1.50 bits per heavy atom. The predicted molar refractivity (Wildman–Crippen MR) is 60.3 cm³/mol. The highest BCUT2D eigenvalue weighted by atomic mass is 19.1. The van der Waals surface area contributed by atoms with E-state index < -0.39 is 11.9 Å². The fourth-order valence-corrected chi connectivity index (χ4v) is 2.65. The van der Waals surface area contributed by atoms with Crippen LogP contribution >= 0.6 is 0 Å². The van der Waals surface area contributed by atoms with E-state index in [9.17, 15) is 9.50 Å². The van der Waals surface area contributed by atoms with Gasteiger partial charge in [-0.15, -0.1) is 0 Å². The zero-order valence-electron chi connectivity index (χ0n) is 9.56. The Morgan fingerprint density at radius 2 is 2.31 bits per heavy atom. The summed E-state index contributed by atoms with van der Waals surface area (Å²) in [6, 6.07) is 1.58. The molecule has 0 aliphatic heterocycles. The molecule has 1 aliphatic carbocycles. The molecule has 1 N–H and O–H groups in total. The van der Waals surface area contributed by atoms with Gasteiger partial charge in [-0.25, -0.2) is 4.39 Å². The van der Waals surface area contributed by atoms with Crippen molar-refractivity contribution in [3.8, 4) is 0 Å². The van der Waals surface area contributed by atoms with Crippen LogP contribution in [0.4, 0.5) is 4.39 Å². The molecule has 0 aromatic carbocycles. The maximum atomic E-state index is 13.5. The molecule has 1 aliphatic rings. The third kappa shape index (κ3) is 2.40. The van der Waals surface area contributed by atoms with Crippen LogP contribution in [0, 0.1) is 17.7 Å². The van der Waals surface area contributed by atoms with Crippen molar-refractivity contribution in [2.45, 2.75) is 38.7 Å². The topological polar surface area (TPSA) is 33.1 Å². The normalized spacial score (nSPS) is 27.7. The number of pyridine rings is 1. The molecule has 1 fully saturated rings. The maximum absolute atomic E-state index is 13.5. The van der Waals surface area contributed by atoms with E-state index in [1.54, 1.807) is 6.07 Å². The highest BCUT2D eigenvalue weighted by Crippen LogP contribution is 2.37. The van der Waals surface area contributed by atoms with Crippen molar-refractivity contribution < 1.29 is 9.50 Å². The number of halogens is 1. The molecule has 88 valence electrons. The molecule has 0 amide bonds. The average molecular weight is 223 g/mol. The molecule has 0 bridgehead atoms. The van der Waals surface area contributed by atoms with Crippen LogP contribution in [0.3, 0.4) is 0 Å². The Labute approximate surface area is 95.5 Å². The lowest BCUT2D eigenvalue weighted by molar-refractivity contribution is 0.0684. The summed E-state index contributed by atoms with van der Waals surface area (Å²) in [5, 5.41) is 10.2. The van der Waals surface area contributed by atoms with Crippen molar-refractivity contribution in [2.75, 3.05) is 0 Å². The molecule has 16 heavy (non-hydrogen) atoms. The fraction of sp³-hybridized carbons (Fsp3) is 0.615. The van der Waals surface area contributed by atoms with Crippen LogP contribution in [-0.2, 0) is 0 Å². The van der Waals surface area contributed by atoms with Gasteiger partial charge in [-0.05, 0) is 30.7 Å². The molecule has 1 heterocycles. The summed E-state index contributed by atoms with van der Waals surface area (Å²) in [4.78, 5) is 3.70. The van der Waals surface area contributed by atoms with Gasteiger partial charge in [0.05, 0.1) is 12.3 Å². The first-order chi connectivity index (χ1) is 7.68. The van der Waals surface area contributed by atoms with Crippen molar-refractivity contribution in [1.29, 1.82) is 0 Å². The minimum atomic E-state index is -0.675. The molecule has 1 aromatic rings. The Balaban J connectivity index is 2.12. The van der Waals surface area contributed by atoms with Gasteiger partial charge < -0.3 is 5.11 Å². The summed E-state index contributed by atoms with van der Waals surface area (Å²) in [6.07, 6.45) is 6.37. The lowest BCUT2D eigenvalue weighted by Gasteiger charge is -2.30. The molecular formula is C13H18FNO. The SMILES string of the molecule is CC1CCCC(C(O)c2ccncc2F)C1. The molecule has 2 nitrogen and oxygen atoms in total. The lowest BCUT2D eigenvalue weighted by Crippen LogP contribution is -2.21. The van der Waals surface area contributed by atoms with Crippen molar-refractivity contribution >= 4 is 0 Å². The average Bonchev–Trinajstić information content (AvgIpc) is 2.29. The second-order valence-corrected chi connectivity index (χ2v) is 4.87. The van der Waals surface area contributed by atoms with E-state index in [1.165, 1.54) is 18.8 Å². The van der Waals surface area contributed by atoms with E-state index in [0.29, 0.717) is 11.5 Å². The monoisotopic (exact) mass is 223 g/mol. The molecule has 3 unspecified atom stereocenters. The highest BCUT2D eigenvalue weighted by Gasteiger charge is 2.27. The largest absolute Gasteiger partial charge is 0.388 e. The minimum absolute atomic E-state index is 0.195. The van der Waals surface area contributed by atoms with Crippen molar-refractivity contribution in [1.82, 2.24) is 4.98 Å². The number of aliphatic hydroxyl groups excluding tert-OH is 1. The van der Waals surface area contributed by atoms with Crippen LogP contribution in [0.5, 0.6) is 0 Å². The molecule has 0 radical (unpaired) electrons. The van der Waals surface area contributed by atoms with Gasteiger partial charge in [-0.1, -0.05) is 19.8 Å². The van der Waals surface area contributed by atoms with Crippen molar-refractivity contribution in [3.63, 3.8) is 0 Å². The van der Waals surface area contributed by atoms with Crippen molar-refractivity contribution in [3.05, 3.63) is 29.8 Å². The Hall–Kier alpha value is -0.960. The number of hydrogen-bond acceptors (Lipinski definition) is 2. The second kappa shape index (κ2) is 4.91. The summed E-state index contributed by atoms with van der Waals surface area (Å²) >= 11 is 0. The molecular weight excluding hydrogens is 205 g/mol. The van der Waals surface area contributed by atoms with Gasteiger partial charge in [0.15, 0.2) is 0 Å². The molecule has 1 aromatic heterocycles. The molecule has 0 saturated heterocycles. The van der Waals surface area contributed by atoms with Gasteiger partial charge in [0.2, 0.25) is 0 Å². The lowest BCUT2D eigenvalue weighted by atomic mass is 9.78. The van der Waals surface area contributed by atoms with E-state index in [-0.39, 0.29) is 5.92 Å². The Morgan fingerprint density at radius 3 is 3.00 bits per heavy atom. The van der Waals surface area contributed by atoms with Crippen LogP contribution in [-0.4, -0.2) is 10.1 Å². The first-order valence-corrected chi connectivity index (χ1v) is 5.96. The molecule has 0 spiro atoms. The summed E-state index contributed by atoms with van der Waals surface area (Å²) in [6.45, 7) is 2.20. The third-order valence-electron chi connectivity index (χ3n) is 3.55. The summed E-state index contributed by atoms with van der Waals surface area (Å²) < 4.78 is 13.5. The summed E-state index contributed by atoms with van der Waals surface area (Å²) in [7, 11) is 0. The Bertz CT molecular complexity index is 356. The maximum Gasteiger partial charge on any atom is 0.147 e. The quantitative estimate of drug-likeness (QED) is 0.835. The standard InChI is InChI=1S/C13H18FNO/c1-9-3-2-4-10(7-9)13(16)11-5-6-15-8-12(11)14/h5-6,8-10,13,16H,2-4,7H2,1H3. The van der Waals surface area contributed by atoms with Crippen LogP contribution in [0.25, 0.3) is 0 Å². The number of rotatable bonds is 2. The van der Waals surface area contributed by atoms with Gasteiger partial charge in [0.25, 0.3) is 0 Å². The van der Waals surface area contributed by atoms with E-state index in [0.717, 1.165) is 19.3 Å². The zero-order valence-corrected chi connectivity index (χ0v) is 9.56. The van der Waals surface area contributed by atoms with E-state index >= 15 is 0 Å². The summed E-state index contributed by atoms with van der Waals surface area (Å²) in [5.41, 5.74) is 0.397. The summed E-state index contributed by atoms with van der Waals surface area (Å²) in [5.74, 6) is 0.437. The minimum Gasteiger partial charge on any atom is -0.388 e. The first kappa shape index (κ1) is 11.5. The van der Waals surface area contributed by atoms with Gasteiger partial charge in [-0.3, -0.25) is 4.98 Å². The smallest absolute Gasteiger partial charge is 0.147 e. The number of aliphatic hydroxyl groups is 1. The molecule has 1 saturated carbocycles. The van der Waals surface area contributed by atoms with Crippen LogP contribution in [0.1, 0.15) is 44.3 Å². The molecule has 3 atom stereocenters. The van der Waals surface area contributed by atoms with E-state index in [4.69, 9.17) is 0 Å². The Kier molecular flexibility index (Phi) is 3.54. The number of aromatic nitrogens is 1. The number of nitrogens with zero attached hydrogens (tertiary/aromatic N) is 1. The fourth-order valence-electron chi connectivity index (χ4n) is 2.65. The van der Waals surface area contributed by atoms with Gasteiger partial charge >= 0.3 is 0 Å². The molecule has 2 rings (SSSR count). The third-order valence-corrected chi connectivity index (χ3v) is 3.55. The number of hydrogen-bond donors (Lipinski definition) is 1. The first-order valence-electron chi connectivity index (χ1n) is 5.96. The predicted octanol–water partition coefficient (Wildman–Crippen LogP) is 3.08. The van der Waals surface area contributed by atoms with E-state index in [2.05, 4.69) is 11.9 Å². The van der Waals surface area contributed by atoms with Gasteiger partial charge in [0.1, 0.15) is 5.82 Å². The van der Waals surface area contributed by atoms with Crippen molar-refractivity contribution in [2.24, 2.45) is 11.8 Å². The molecule has 3 heteroatoms. The van der Waals surface area contributed by atoms with Crippen LogP contribution in [0.2, 0.25) is 0 Å². The van der Waals surface area contributed by atoms with Gasteiger partial charge in [-0.2, -0.15) is 0 Å². The zero-order chi connectivity index (χ0) is 11.5. The van der Waals surface area contributed by atoms with E-state index in [1.807, 2.05) is 0 Å². The van der Waals surface area contributed by atoms with Crippen LogP contribution < -0.4 is 0 Å². The van der Waals surface area contributed by atoms with Crippen LogP contribution in [0.15, 0.2) is 18.5 Å². The highest BCUT2D eigenvalue weighted by molar-refractivity contribution is 5.16. The second-order valence-electron chi connectivity index (χ2n) is 4.87. The van der Waals surface area contributed by atoms with Gasteiger partial charge in [0, 0.05) is 11.8 Å².